The second-order valence-electron chi connectivity index (χ2n) is 10.7. The van der Waals surface area contributed by atoms with Crippen molar-refractivity contribution in [1.29, 1.82) is 0 Å². The van der Waals surface area contributed by atoms with Gasteiger partial charge in [-0.2, -0.15) is 13.2 Å². The number of halogens is 4. The molecule has 3 aromatic heterocycles. The second kappa shape index (κ2) is 14.7. The van der Waals surface area contributed by atoms with Gasteiger partial charge in [-0.1, -0.05) is 0 Å². The molecule has 2 aliphatic heterocycles. The van der Waals surface area contributed by atoms with E-state index >= 15 is 0 Å². The molecule has 14 nitrogen and oxygen atoms in total. The highest BCUT2D eigenvalue weighted by atomic mass is 19.4. The summed E-state index contributed by atoms with van der Waals surface area (Å²) in [4.78, 5) is 50.0. The van der Waals surface area contributed by atoms with Crippen LogP contribution in [0.4, 0.5) is 34.0 Å². The van der Waals surface area contributed by atoms with Crippen LogP contribution in [0.25, 0.3) is 16.9 Å². The summed E-state index contributed by atoms with van der Waals surface area (Å²) in [5.41, 5.74) is -0.0104. The largest absolute Gasteiger partial charge is 0.453 e. The molecule has 2 saturated heterocycles. The smallest absolute Gasteiger partial charge is 0.417 e. The van der Waals surface area contributed by atoms with Gasteiger partial charge < -0.3 is 24.6 Å². The van der Waals surface area contributed by atoms with E-state index < -0.39 is 30.4 Å². The van der Waals surface area contributed by atoms with E-state index in [0.717, 1.165) is 31.0 Å². The highest BCUT2D eigenvalue weighted by molar-refractivity contribution is 5.91. The van der Waals surface area contributed by atoms with Crippen molar-refractivity contribution in [3.63, 3.8) is 0 Å². The monoisotopic (exact) mass is 663 g/mol. The number of amides is 3. The Morgan fingerprint density at radius 2 is 1.83 bits per heavy atom. The number of rotatable bonds is 9. The van der Waals surface area contributed by atoms with Crippen molar-refractivity contribution in [2.45, 2.75) is 12.7 Å². The number of allylic oxidation sites excluding steroid dienone is 1. The van der Waals surface area contributed by atoms with Gasteiger partial charge in [-0.05, 0) is 23.8 Å². The fourth-order valence-corrected chi connectivity index (χ4v) is 5.24. The number of ether oxygens (including phenoxy) is 2. The molecular weight excluding hydrogens is 630 g/mol. The van der Waals surface area contributed by atoms with Crippen LogP contribution in [0.3, 0.4) is 0 Å². The van der Waals surface area contributed by atoms with Crippen molar-refractivity contribution in [3.05, 3.63) is 47.8 Å². The Morgan fingerprint density at radius 1 is 1.09 bits per heavy atom. The third kappa shape index (κ3) is 8.31. The molecule has 0 aromatic carbocycles. The van der Waals surface area contributed by atoms with Gasteiger partial charge in [-0.3, -0.25) is 19.8 Å². The quantitative estimate of drug-likeness (QED) is 0.258. The number of pyridine rings is 1. The van der Waals surface area contributed by atoms with E-state index in [-0.39, 0.29) is 29.7 Å². The lowest BCUT2D eigenvalue weighted by Crippen LogP contribution is -2.50. The number of alkyl halides is 4. The van der Waals surface area contributed by atoms with Crippen LogP contribution in [0.5, 0.6) is 0 Å². The lowest BCUT2D eigenvalue weighted by atomic mass is 10.1. The number of methoxy groups -OCH3 is 1. The first-order valence-electron chi connectivity index (χ1n) is 14.7. The molecule has 47 heavy (non-hydrogen) atoms. The van der Waals surface area contributed by atoms with Crippen molar-refractivity contribution in [3.8, 4) is 11.4 Å². The molecule has 0 saturated carbocycles. The highest BCUT2D eigenvalue weighted by Gasteiger charge is 2.36. The molecule has 0 unspecified atom stereocenters. The lowest BCUT2D eigenvalue weighted by Gasteiger charge is -2.34. The molecule has 2 aliphatic rings. The molecule has 0 atom stereocenters. The van der Waals surface area contributed by atoms with E-state index in [1.54, 1.807) is 11.1 Å². The van der Waals surface area contributed by atoms with Crippen molar-refractivity contribution >= 4 is 35.1 Å². The number of piperazine rings is 1. The second-order valence-corrected chi connectivity index (χ2v) is 10.7. The van der Waals surface area contributed by atoms with Crippen LogP contribution in [0.15, 0.2) is 36.7 Å². The van der Waals surface area contributed by atoms with Crippen LogP contribution in [0.2, 0.25) is 0 Å². The Labute approximate surface area is 266 Å². The topological polar surface area (TPSA) is 147 Å². The van der Waals surface area contributed by atoms with Crippen molar-refractivity contribution in [2.75, 3.05) is 83.0 Å². The average molecular weight is 664 g/mol. The molecular formula is C29H33F4N9O5. The van der Waals surface area contributed by atoms with Crippen molar-refractivity contribution in [2.24, 2.45) is 0 Å². The maximum absolute atomic E-state index is 14.2. The predicted molar refractivity (Wildman–Crippen MR) is 160 cm³/mol. The van der Waals surface area contributed by atoms with Crippen LogP contribution in [0, 0.1) is 0 Å². The zero-order valence-corrected chi connectivity index (χ0v) is 25.4. The minimum atomic E-state index is -4.81. The van der Waals surface area contributed by atoms with Crippen LogP contribution in [-0.2, 0) is 31.8 Å². The van der Waals surface area contributed by atoms with Gasteiger partial charge in [-0.15, -0.1) is 5.10 Å². The first-order valence-corrected chi connectivity index (χ1v) is 14.7. The van der Waals surface area contributed by atoms with Gasteiger partial charge in [0.25, 0.3) is 0 Å². The molecule has 3 amide bonds. The third-order valence-electron chi connectivity index (χ3n) is 7.58. The molecule has 18 heteroatoms. The van der Waals surface area contributed by atoms with Gasteiger partial charge in [-0.25, -0.2) is 23.7 Å². The summed E-state index contributed by atoms with van der Waals surface area (Å²) in [6.07, 6.45) is -0.984. The normalized spacial score (nSPS) is 16.1. The molecule has 2 N–H and O–H groups in total. The minimum Gasteiger partial charge on any atom is -0.453 e. The minimum absolute atomic E-state index is 0.193. The average Bonchev–Trinajstić information content (AvgIpc) is 3.48. The zero-order valence-electron chi connectivity index (χ0n) is 25.4. The summed E-state index contributed by atoms with van der Waals surface area (Å²) in [7, 11) is 1.08. The number of aromatic nitrogens is 4. The van der Waals surface area contributed by atoms with Gasteiger partial charge in [0.15, 0.2) is 11.6 Å². The summed E-state index contributed by atoms with van der Waals surface area (Å²) < 4.78 is 66.4. The van der Waals surface area contributed by atoms with E-state index in [0.29, 0.717) is 76.4 Å². The molecule has 3 aromatic rings. The van der Waals surface area contributed by atoms with Gasteiger partial charge >= 0.3 is 12.3 Å². The molecule has 5 rings (SSSR count). The number of nitrogens with zero attached hydrogens (tertiary/aromatic N) is 7. The number of carbonyl (C=O) groups excluding carboxylic acids is 3. The van der Waals surface area contributed by atoms with Crippen LogP contribution in [-0.4, -0.2) is 120 Å². The Kier molecular flexibility index (Phi) is 10.5. The molecule has 0 aliphatic carbocycles. The van der Waals surface area contributed by atoms with Crippen LogP contribution in [0.1, 0.15) is 11.1 Å². The fraction of sp³-hybridized carbons (Fsp3) is 0.448. The number of hydrogen-bond acceptors (Lipinski definition) is 10. The summed E-state index contributed by atoms with van der Waals surface area (Å²) in [5, 5.41) is 9.04. The van der Waals surface area contributed by atoms with E-state index in [1.807, 2.05) is 11.0 Å². The van der Waals surface area contributed by atoms with Crippen molar-refractivity contribution < 1.29 is 41.4 Å². The Bertz CT molecular complexity index is 1630. The summed E-state index contributed by atoms with van der Waals surface area (Å²) in [6.45, 7) is 3.26. The van der Waals surface area contributed by atoms with Crippen LogP contribution >= 0.6 is 0 Å². The number of nitrogens with one attached hydrogen (secondary N) is 2. The molecule has 0 radical (unpaired) electrons. The Hall–Kier alpha value is -4.84. The first kappa shape index (κ1) is 33.5. The van der Waals surface area contributed by atoms with E-state index in [1.165, 1.54) is 4.52 Å². The number of hydrogen-bond donors (Lipinski definition) is 2. The molecule has 2 fully saturated rings. The van der Waals surface area contributed by atoms with E-state index in [2.05, 4.69) is 35.3 Å². The zero-order chi connectivity index (χ0) is 33.6. The summed E-state index contributed by atoms with van der Waals surface area (Å²) in [5.74, 6) is -0.904. The Morgan fingerprint density at radius 3 is 2.51 bits per heavy atom. The SMILES string of the molecule is COC(=O)Nc1cc(C(F)(F)F)c(-c2nc(N3CCOCC3)c3cc(CN4CCN(C(=O)CNC(=O)/C=C/CF)CC4)cn3n2)cn1. The summed E-state index contributed by atoms with van der Waals surface area (Å²) >= 11 is 0. The number of morpholine rings is 1. The standard InChI is InChI=1S/C29H33F4N9O5/c1-46-28(45)36-23-14-21(29(31,32)33)20(15-34-23)26-37-27(41-9-11-47-12-10-41)22-13-19(18-42(22)38-26)17-39-5-7-40(8-6-39)25(44)16-35-24(43)3-2-4-30/h2-3,13-15,18H,4-12,16-17H2,1H3,(H,35,43)(H,34,36,45)/b3-2+. The predicted octanol–water partition coefficient (Wildman–Crippen LogP) is 2.11. The molecule has 0 bridgehead atoms. The molecule has 252 valence electrons. The van der Waals surface area contributed by atoms with Gasteiger partial charge in [0.05, 0.1) is 38.0 Å². The van der Waals surface area contributed by atoms with Gasteiger partial charge in [0, 0.05) is 64.3 Å². The maximum Gasteiger partial charge on any atom is 0.417 e. The number of fused-ring (bicyclic) bond motifs is 1. The van der Waals surface area contributed by atoms with E-state index in [9.17, 15) is 31.9 Å². The van der Waals surface area contributed by atoms with Gasteiger partial charge in [0.2, 0.25) is 11.8 Å². The Balaban J connectivity index is 1.37. The molecule has 0 spiro atoms. The maximum atomic E-state index is 14.2. The fourth-order valence-electron chi connectivity index (χ4n) is 5.24. The lowest BCUT2D eigenvalue weighted by molar-refractivity contribution is -0.137. The van der Waals surface area contributed by atoms with E-state index in [4.69, 9.17) is 4.74 Å². The summed E-state index contributed by atoms with van der Waals surface area (Å²) in [6, 6.07) is 2.59. The molecule has 5 heterocycles. The highest BCUT2D eigenvalue weighted by Crippen LogP contribution is 2.38. The third-order valence-corrected chi connectivity index (χ3v) is 7.58. The number of anilines is 2. The number of carbonyl (C=O) groups is 3. The van der Waals surface area contributed by atoms with Gasteiger partial charge in [0.1, 0.15) is 18.0 Å². The van der Waals surface area contributed by atoms with Crippen LogP contribution < -0.4 is 15.5 Å². The van der Waals surface area contributed by atoms with Crippen molar-refractivity contribution in [1.82, 2.24) is 34.7 Å². The first-order chi connectivity index (χ1) is 22.5.